The molecule has 0 N–H and O–H groups in total. The summed E-state index contributed by atoms with van der Waals surface area (Å²) in [4.78, 5) is 30.2. The Labute approximate surface area is 238 Å². The van der Waals surface area contributed by atoms with Gasteiger partial charge in [0.15, 0.2) is 5.82 Å². The highest BCUT2D eigenvalue weighted by atomic mass is 19.3. The molecule has 222 valence electrons. The summed E-state index contributed by atoms with van der Waals surface area (Å²) in [6.45, 7) is 3.34. The summed E-state index contributed by atoms with van der Waals surface area (Å²) in [6, 6.07) is 8.65. The Morgan fingerprint density at radius 1 is 1.10 bits per heavy atom. The molecule has 2 fully saturated rings. The first-order chi connectivity index (χ1) is 19.9. The quantitative estimate of drug-likeness (QED) is 0.372. The van der Waals surface area contributed by atoms with Crippen molar-refractivity contribution in [2.45, 2.75) is 51.1 Å². The second-order valence-electron chi connectivity index (χ2n) is 10.6. The van der Waals surface area contributed by atoms with Gasteiger partial charge in [-0.1, -0.05) is 12.1 Å². The summed E-state index contributed by atoms with van der Waals surface area (Å²) in [7, 11) is 3.46. The number of nitrogens with zero attached hydrogens (tertiary/aromatic N) is 6. The molecule has 0 atom stereocenters. The Kier molecular flexibility index (Phi) is 9.60. The number of imidazole rings is 1. The van der Waals surface area contributed by atoms with Crippen molar-refractivity contribution < 1.29 is 27.8 Å². The summed E-state index contributed by atoms with van der Waals surface area (Å²) >= 11 is 0. The third-order valence-corrected chi connectivity index (χ3v) is 7.78. The number of benzene rings is 1. The third-order valence-electron chi connectivity index (χ3n) is 7.78. The largest absolute Gasteiger partial charge is 0.474 e. The fraction of sp³-hybridized carbons (Fsp3) is 0.586. The lowest BCUT2D eigenvalue weighted by atomic mass is 9.89. The first-order valence-electron chi connectivity index (χ1n) is 14.3. The number of para-hydroxylation sites is 2. The molecule has 1 amide bonds. The van der Waals surface area contributed by atoms with E-state index in [1.807, 2.05) is 11.9 Å². The minimum atomic E-state index is -2.79. The van der Waals surface area contributed by atoms with E-state index in [1.54, 1.807) is 42.3 Å². The van der Waals surface area contributed by atoms with E-state index < -0.39 is 6.43 Å². The molecule has 1 saturated carbocycles. The van der Waals surface area contributed by atoms with Crippen LogP contribution in [0, 0.1) is 5.92 Å². The SMILES string of the molecule is COCCN(C)C(=O)C1CCCC(Oc2cc(-n3c(C(F)F)nc4ccccc43)nc(N3CCOCC3)n2)CCC1. The smallest absolute Gasteiger partial charge is 0.296 e. The van der Waals surface area contributed by atoms with Gasteiger partial charge in [-0.05, 0) is 50.7 Å². The van der Waals surface area contributed by atoms with Crippen LogP contribution >= 0.6 is 0 Å². The van der Waals surface area contributed by atoms with Gasteiger partial charge in [-0.3, -0.25) is 9.36 Å². The maximum atomic E-state index is 14.1. The van der Waals surface area contributed by atoms with Crippen molar-refractivity contribution in [3.63, 3.8) is 0 Å². The lowest BCUT2D eigenvalue weighted by Gasteiger charge is -2.29. The number of hydrogen-bond acceptors (Lipinski definition) is 8. The molecule has 0 spiro atoms. The van der Waals surface area contributed by atoms with Crippen molar-refractivity contribution >= 4 is 22.9 Å². The molecule has 10 nitrogen and oxygen atoms in total. The average molecular weight is 573 g/mol. The fourth-order valence-electron chi connectivity index (χ4n) is 5.57. The molecular weight excluding hydrogens is 534 g/mol. The van der Waals surface area contributed by atoms with Crippen molar-refractivity contribution in [3.05, 3.63) is 36.2 Å². The van der Waals surface area contributed by atoms with Gasteiger partial charge in [0.25, 0.3) is 6.43 Å². The summed E-state index contributed by atoms with van der Waals surface area (Å²) in [5, 5.41) is 0. The molecule has 0 bridgehead atoms. The number of carbonyl (C=O) groups is 1. The first kappa shape index (κ1) is 29.1. The number of anilines is 1. The molecule has 1 aromatic carbocycles. The number of amides is 1. The summed E-state index contributed by atoms with van der Waals surface area (Å²) in [5.41, 5.74) is 1.01. The fourth-order valence-corrected chi connectivity index (χ4v) is 5.57. The number of fused-ring (bicyclic) bond motifs is 1. The zero-order valence-corrected chi connectivity index (χ0v) is 23.7. The number of methoxy groups -OCH3 is 1. The third kappa shape index (κ3) is 6.92. The van der Waals surface area contributed by atoms with Crippen LogP contribution in [0.15, 0.2) is 30.3 Å². The van der Waals surface area contributed by atoms with Crippen LogP contribution in [0.5, 0.6) is 5.88 Å². The molecule has 3 aromatic rings. The standard InChI is InChI=1S/C29H38F2N6O4/c1-35(13-16-39-2)28(38)20-7-5-9-21(10-6-8-20)41-25-19-24(33-29(34-25)36-14-17-40-18-15-36)37-23-12-4-3-11-22(23)32-27(37)26(30)31/h3-4,11-12,19-21,26H,5-10,13-18H2,1-2H3. The van der Waals surface area contributed by atoms with Gasteiger partial charge in [-0.25, -0.2) is 13.8 Å². The van der Waals surface area contributed by atoms with Crippen molar-refractivity contribution in [2.24, 2.45) is 5.92 Å². The summed E-state index contributed by atoms with van der Waals surface area (Å²) in [6.07, 6.45) is 1.92. The number of rotatable bonds is 9. The molecule has 2 aliphatic rings. The van der Waals surface area contributed by atoms with E-state index >= 15 is 0 Å². The van der Waals surface area contributed by atoms with Gasteiger partial charge in [0.05, 0.1) is 30.9 Å². The molecule has 12 heteroatoms. The molecule has 1 saturated heterocycles. The van der Waals surface area contributed by atoms with Crippen LogP contribution in [0.1, 0.15) is 50.8 Å². The first-order valence-corrected chi connectivity index (χ1v) is 14.3. The Bertz CT molecular complexity index is 1310. The topological polar surface area (TPSA) is 94.8 Å². The monoisotopic (exact) mass is 572 g/mol. The maximum Gasteiger partial charge on any atom is 0.296 e. The van der Waals surface area contributed by atoms with Crippen LogP contribution in [0.25, 0.3) is 16.9 Å². The Morgan fingerprint density at radius 3 is 2.54 bits per heavy atom. The zero-order valence-electron chi connectivity index (χ0n) is 23.7. The number of likely N-dealkylation sites (N-methyl/N-ethyl adjacent to an activating group) is 1. The van der Waals surface area contributed by atoms with Crippen molar-refractivity contribution in [2.75, 3.05) is 58.5 Å². The number of aromatic nitrogens is 4. The number of hydrogen-bond donors (Lipinski definition) is 0. The van der Waals surface area contributed by atoms with Crippen LogP contribution in [-0.4, -0.2) is 90.0 Å². The summed E-state index contributed by atoms with van der Waals surface area (Å²) < 4.78 is 46.7. The van der Waals surface area contributed by atoms with E-state index in [2.05, 4.69) is 4.98 Å². The predicted molar refractivity (Wildman–Crippen MR) is 150 cm³/mol. The van der Waals surface area contributed by atoms with Crippen molar-refractivity contribution in [1.29, 1.82) is 0 Å². The molecule has 2 aromatic heterocycles. The van der Waals surface area contributed by atoms with Gasteiger partial charge in [-0.15, -0.1) is 0 Å². The highest BCUT2D eigenvalue weighted by Gasteiger charge is 2.27. The van der Waals surface area contributed by atoms with Gasteiger partial charge in [0.1, 0.15) is 11.9 Å². The Balaban J connectivity index is 1.38. The molecule has 3 heterocycles. The van der Waals surface area contributed by atoms with E-state index in [0.717, 1.165) is 38.5 Å². The average Bonchev–Trinajstić information content (AvgIpc) is 3.37. The number of morpholine rings is 1. The van der Waals surface area contributed by atoms with Gasteiger partial charge in [-0.2, -0.15) is 9.97 Å². The molecule has 5 rings (SSSR count). The van der Waals surface area contributed by atoms with Crippen molar-refractivity contribution in [1.82, 2.24) is 24.4 Å². The van der Waals surface area contributed by atoms with E-state index in [0.29, 0.717) is 62.3 Å². The summed E-state index contributed by atoms with van der Waals surface area (Å²) in [5.74, 6) is 0.830. The Morgan fingerprint density at radius 2 is 1.83 bits per heavy atom. The van der Waals surface area contributed by atoms with Gasteiger partial charge >= 0.3 is 0 Å². The molecule has 41 heavy (non-hydrogen) atoms. The molecule has 0 unspecified atom stereocenters. The number of ether oxygens (including phenoxy) is 3. The van der Waals surface area contributed by atoms with Gasteiger partial charge in [0, 0.05) is 45.8 Å². The molecule has 1 aliphatic carbocycles. The normalized spacial score (nSPS) is 20.2. The molecule has 1 aliphatic heterocycles. The van der Waals surface area contributed by atoms with E-state index in [4.69, 9.17) is 24.2 Å². The maximum absolute atomic E-state index is 14.1. The molecule has 0 radical (unpaired) electrons. The number of carbonyl (C=O) groups excluding carboxylic acids is 1. The van der Waals surface area contributed by atoms with E-state index in [9.17, 15) is 13.6 Å². The number of halogens is 2. The second kappa shape index (κ2) is 13.5. The van der Waals surface area contributed by atoms with Crippen LogP contribution in [0.4, 0.5) is 14.7 Å². The highest BCUT2D eigenvalue weighted by Crippen LogP contribution is 2.31. The minimum absolute atomic E-state index is 0.00123. The molecular formula is C29H38F2N6O4. The van der Waals surface area contributed by atoms with E-state index in [1.165, 1.54) is 4.57 Å². The minimum Gasteiger partial charge on any atom is -0.474 e. The highest BCUT2D eigenvalue weighted by molar-refractivity contribution is 5.79. The van der Waals surface area contributed by atoms with E-state index in [-0.39, 0.29) is 29.6 Å². The predicted octanol–water partition coefficient (Wildman–Crippen LogP) is 4.41. The Hall–Kier alpha value is -3.38. The van der Waals surface area contributed by atoms with Crippen LogP contribution in [0.2, 0.25) is 0 Å². The second-order valence-corrected chi connectivity index (χ2v) is 10.6. The van der Waals surface area contributed by atoms with Crippen LogP contribution in [0.3, 0.4) is 0 Å². The van der Waals surface area contributed by atoms with Crippen LogP contribution < -0.4 is 9.64 Å². The lowest BCUT2D eigenvalue weighted by molar-refractivity contribution is -0.135. The van der Waals surface area contributed by atoms with Crippen LogP contribution in [-0.2, 0) is 14.3 Å². The lowest BCUT2D eigenvalue weighted by Crippen LogP contribution is -2.37. The van der Waals surface area contributed by atoms with Gasteiger partial charge in [0.2, 0.25) is 17.7 Å². The van der Waals surface area contributed by atoms with Crippen molar-refractivity contribution in [3.8, 4) is 11.7 Å². The van der Waals surface area contributed by atoms with Gasteiger partial charge < -0.3 is 24.0 Å². The zero-order chi connectivity index (χ0) is 28.8. The number of alkyl halides is 2.